The van der Waals surface area contributed by atoms with Crippen LogP contribution in [0.3, 0.4) is 0 Å². The van der Waals surface area contributed by atoms with Crippen LogP contribution in [0.2, 0.25) is 0 Å². The van der Waals surface area contributed by atoms with E-state index < -0.39 is 5.97 Å². The molecule has 1 aromatic heterocycles. The highest BCUT2D eigenvalue weighted by molar-refractivity contribution is 7.15. The Balaban J connectivity index is 2.19. The molecule has 0 spiro atoms. The number of nitrogens with zero attached hydrogens (tertiary/aromatic N) is 2. The lowest BCUT2D eigenvalue weighted by molar-refractivity contribution is 0.0690. The van der Waals surface area contributed by atoms with Crippen LogP contribution in [0, 0.1) is 6.92 Å². The second-order valence-corrected chi connectivity index (χ2v) is 4.84. The van der Waals surface area contributed by atoms with Gasteiger partial charge in [0.15, 0.2) is 10.8 Å². The highest BCUT2D eigenvalue weighted by atomic mass is 32.1. The summed E-state index contributed by atoms with van der Waals surface area (Å²) in [6.07, 6.45) is 0.959. The molecule has 0 unspecified atom stereocenters. The van der Waals surface area contributed by atoms with Crippen molar-refractivity contribution in [2.24, 2.45) is 0 Å². The molecule has 2 rings (SSSR count). The number of hydrogen-bond donors (Lipinski definition) is 1. The fourth-order valence-corrected chi connectivity index (χ4v) is 2.61. The molecule has 1 saturated heterocycles. The SMILES string of the molecule is Cc1sc(N2CCCOCC2)nc1C(=O)O. The third kappa shape index (κ3) is 2.33. The van der Waals surface area contributed by atoms with Gasteiger partial charge in [-0.1, -0.05) is 0 Å². The van der Waals surface area contributed by atoms with E-state index in [2.05, 4.69) is 9.88 Å². The monoisotopic (exact) mass is 242 g/mol. The molecule has 0 saturated carbocycles. The molecule has 1 fully saturated rings. The second-order valence-electron chi connectivity index (χ2n) is 3.66. The molecule has 5 nitrogen and oxygen atoms in total. The van der Waals surface area contributed by atoms with E-state index in [1.165, 1.54) is 11.3 Å². The Hall–Kier alpha value is -1.14. The standard InChI is InChI=1S/C10H14N2O3S/c1-7-8(9(13)14)11-10(16-7)12-3-2-5-15-6-4-12/h2-6H2,1H3,(H,13,14). The van der Waals surface area contributed by atoms with Gasteiger partial charge < -0.3 is 14.7 Å². The number of carbonyl (C=O) groups is 1. The average Bonchev–Trinajstić information content (AvgIpc) is 2.50. The lowest BCUT2D eigenvalue weighted by atomic mass is 10.4. The zero-order valence-corrected chi connectivity index (χ0v) is 9.92. The van der Waals surface area contributed by atoms with E-state index in [4.69, 9.17) is 9.84 Å². The minimum atomic E-state index is -0.953. The van der Waals surface area contributed by atoms with Crippen LogP contribution in [0.5, 0.6) is 0 Å². The molecule has 0 amide bonds. The zero-order valence-electron chi connectivity index (χ0n) is 9.10. The molecule has 1 N–H and O–H groups in total. The normalized spacial score (nSPS) is 17.2. The molecule has 1 aliphatic rings. The number of aryl methyl sites for hydroxylation is 1. The van der Waals surface area contributed by atoms with Crippen molar-refractivity contribution in [1.82, 2.24) is 4.98 Å². The Morgan fingerprint density at radius 1 is 1.50 bits per heavy atom. The summed E-state index contributed by atoms with van der Waals surface area (Å²) in [5, 5.41) is 9.73. The Labute approximate surface area is 97.7 Å². The quantitative estimate of drug-likeness (QED) is 0.848. The minimum Gasteiger partial charge on any atom is -0.476 e. The molecule has 0 bridgehead atoms. The number of aromatic nitrogens is 1. The smallest absolute Gasteiger partial charge is 0.355 e. The number of aromatic carboxylic acids is 1. The highest BCUT2D eigenvalue weighted by Crippen LogP contribution is 2.26. The first-order chi connectivity index (χ1) is 7.68. The molecule has 16 heavy (non-hydrogen) atoms. The van der Waals surface area contributed by atoms with E-state index in [0.717, 1.165) is 36.1 Å². The number of hydrogen-bond acceptors (Lipinski definition) is 5. The number of anilines is 1. The first-order valence-corrected chi connectivity index (χ1v) is 6.03. The Bertz CT molecular complexity index is 383. The lowest BCUT2D eigenvalue weighted by Crippen LogP contribution is -2.25. The zero-order chi connectivity index (χ0) is 11.5. The maximum absolute atomic E-state index is 10.9. The van der Waals surface area contributed by atoms with Crippen molar-refractivity contribution in [2.75, 3.05) is 31.2 Å². The number of carboxylic acid groups (broad SMARTS) is 1. The molecule has 1 aromatic rings. The van der Waals surface area contributed by atoms with Gasteiger partial charge in [-0.25, -0.2) is 9.78 Å². The molecule has 88 valence electrons. The largest absolute Gasteiger partial charge is 0.476 e. The van der Waals surface area contributed by atoms with Gasteiger partial charge in [0.2, 0.25) is 0 Å². The summed E-state index contributed by atoms with van der Waals surface area (Å²) < 4.78 is 5.35. The van der Waals surface area contributed by atoms with E-state index in [1.807, 2.05) is 0 Å². The van der Waals surface area contributed by atoms with Gasteiger partial charge in [0, 0.05) is 24.6 Å². The molecule has 1 aliphatic heterocycles. The van der Waals surface area contributed by atoms with E-state index in [0.29, 0.717) is 6.61 Å². The summed E-state index contributed by atoms with van der Waals surface area (Å²) in [5.74, 6) is -0.953. The summed E-state index contributed by atoms with van der Waals surface area (Å²) in [6.45, 7) is 4.91. The van der Waals surface area contributed by atoms with E-state index in [-0.39, 0.29) is 5.69 Å². The third-order valence-corrected chi connectivity index (χ3v) is 3.51. The molecule has 0 atom stereocenters. The Morgan fingerprint density at radius 2 is 2.31 bits per heavy atom. The van der Waals surface area contributed by atoms with E-state index in [1.54, 1.807) is 6.92 Å². The van der Waals surface area contributed by atoms with Crippen LogP contribution in [0.4, 0.5) is 5.13 Å². The number of rotatable bonds is 2. The van der Waals surface area contributed by atoms with Crippen LogP contribution < -0.4 is 4.90 Å². The van der Waals surface area contributed by atoms with Crippen molar-refractivity contribution in [2.45, 2.75) is 13.3 Å². The van der Waals surface area contributed by atoms with Crippen molar-refractivity contribution in [3.05, 3.63) is 10.6 Å². The topological polar surface area (TPSA) is 62.7 Å². The van der Waals surface area contributed by atoms with Crippen molar-refractivity contribution >= 4 is 22.4 Å². The first-order valence-electron chi connectivity index (χ1n) is 5.22. The van der Waals surface area contributed by atoms with Crippen LogP contribution in [0.25, 0.3) is 0 Å². The minimum absolute atomic E-state index is 0.171. The summed E-state index contributed by atoms with van der Waals surface area (Å²) in [5.41, 5.74) is 0.171. The van der Waals surface area contributed by atoms with Crippen LogP contribution in [-0.4, -0.2) is 42.4 Å². The molecule has 0 aliphatic carbocycles. The fraction of sp³-hybridized carbons (Fsp3) is 0.600. The number of carboxylic acids is 1. The van der Waals surface area contributed by atoms with Gasteiger partial charge in [0.05, 0.1) is 6.61 Å². The Kier molecular flexibility index (Phi) is 3.40. The van der Waals surface area contributed by atoms with Crippen LogP contribution >= 0.6 is 11.3 Å². The second kappa shape index (κ2) is 4.80. The van der Waals surface area contributed by atoms with Gasteiger partial charge in [-0.3, -0.25) is 0 Å². The van der Waals surface area contributed by atoms with Gasteiger partial charge in [-0.15, -0.1) is 11.3 Å². The molecule has 0 aromatic carbocycles. The van der Waals surface area contributed by atoms with Crippen molar-refractivity contribution in [3.8, 4) is 0 Å². The Morgan fingerprint density at radius 3 is 3.00 bits per heavy atom. The van der Waals surface area contributed by atoms with Crippen LogP contribution in [-0.2, 0) is 4.74 Å². The summed E-state index contributed by atoms with van der Waals surface area (Å²) in [4.78, 5) is 17.9. The lowest BCUT2D eigenvalue weighted by Gasteiger charge is -2.17. The average molecular weight is 242 g/mol. The number of thiazole rings is 1. The summed E-state index contributed by atoms with van der Waals surface area (Å²) in [7, 11) is 0. The molecule has 0 radical (unpaired) electrons. The van der Waals surface area contributed by atoms with Crippen molar-refractivity contribution in [1.29, 1.82) is 0 Å². The van der Waals surface area contributed by atoms with Gasteiger partial charge in [0.25, 0.3) is 0 Å². The number of ether oxygens (including phenoxy) is 1. The fourth-order valence-electron chi connectivity index (χ4n) is 1.65. The third-order valence-electron chi connectivity index (χ3n) is 2.48. The molecular formula is C10H14N2O3S. The van der Waals surface area contributed by atoms with Gasteiger partial charge in [-0.05, 0) is 13.3 Å². The van der Waals surface area contributed by atoms with E-state index >= 15 is 0 Å². The first kappa shape index (κ1) is 11.3. The van der Waals surface area contributed by atoms with Crippen LogP contribution in [0.15, 0.2) is 0 Å². The highest BCUT2D eigenvalue weighted by Gasteiger charge is 2.19. The van der Waals surface area contributed by atoms with Crippen LogP contribution in [0.1, 0.15) is 21.8 Å². The maximum Gasteiger partial charge on any atom is 0.355 e. The van der Waals surface area contributed by atoms with Crippen molar-refractivity contribution in [3.63, 3.8) is 0 Å². The maximum atomic E-state index is 10.9. The van der Waals surface area contributed by atoms with Crippen molar-refractivity contribution < 1.29 is 14.6 Å². The van der Waals surface area contributed by atoms with Gasteiger partial charge in [-0.2, -0.15) is 0 Å². The van der Waals surface area contributed by atoms with E-state index in [9.17, 15) is 4.79 Å². The summed E-state index contributed by atoms with van der Waals surface area (Å²) in [6, 6.07) is 0. The van der Waals surface area contributed by atoms with Gasteiger partial charge in [0.1, 0.15) is 0 Å². The molecular weight excluding hydrogens is 228 g/mol. The van der Waals surface area contributed by atoms with Gasteiger partial charge >= 0.3 is 5.97 Å². The predicted molar refractivity (Wildman–Crippen MR) is 61.5 cm³/mol. The molecule has 6 heteroatoms. The predicted octanol–water partition coefficient (Wildman–Crippen LogP) is 1.38. The molecule has 2 heterocycles. The summed E-state index contributed by atoms with van der Waals surface area (Å²) >= 11 is 1.44.